The largest absolute Gasteiger partial charge is 0.503 e. The highest BCUT2D eigenvalue weighted by molar-refractivity contribution is 9.13. The fourth-order valence-electron chi connectivity index (χ4n) is 0.924. The van der Waals surface area contributed by atoms with Crippen molar-refractivity contribution >= 4 is 38.1 Å². The van der Waals surface area contributed by atoms with Crippen LogP contribution >= 0.6 is 31.9 Å². The second-order valence-electron chi connectivity index (χ2n) is 2.39. The van der Waals surface area contributed by atoms with Crippen molar-refractivity contribution in [2.24, 2.45) is 5.16 Å². The fraction of sp³-hybridized carbons (Fsp3) is 0.125. The number of methoxy groups -OCH3 is 1. The molecule has 14 heavy (non-hydrogen) atoms. The van der Waals surface area contributed by atoms with Crippen molar-refractivity contribution in [2.45, 2.75) is 0 Å². The van der Waals surface area contributed by atoms with Crippen molar-refractivity contribution in [2.75, 3.05) is 7.11 Å². The number of hydrogen-bond donors (Lipinski definition) is 2. The average molecular weight is 325 g/mol. The maximum absolute atomic E-state index is 9.56. The predicted molar refractivity (Wildman–Crippen MR) is 59.4 cm³/mol. The van der Waals surface area contributed by atoms with E-state index >= 15 is 0 Å². The summed E-state index contributed by atoms with van der Waals surface area (Å²) in [5.41, 5.74) is 0.592. The lowest BCUT2D eigenvalue weighted by Gasteiger charge is -2.08. The number of hydrogen-bond acceptors (Lipinski definition) is 4. The number of ether oxygens (including phenoxy) is 1. The highest BCUT2D eigenvalue weighted by atomic mass is 79.9. The molecule has 1 aromatic carbocycles. The first-order valence-corrected chi connectivity index (χ1v) is 5.12. The van der Waals surface area contributed by atoms with Crippen LogP contribution in [0.5, 0.6) is 11.5 Å². The van der Waals surface area contributed by atoms with E-state index in [0.29, 0.717) is 20.3 Å². The molecule has 0 aliphatic carbocycles. The predicted octanol–water partition coefficient (Wildman–Crippen LogP) is 2.73. The number of phenolic OH excluding ortho intramolecular Hbond substituents is 1. The molecule has 0 spiro atoms. The molecule has 2 N–H and O–H groups in total. The van der Waals surface area contributed by atoms with E-state index in [4.69, 9.17) is 9.94 Å². The number of benzene rings is 1. The van der Waals surface area contributed by atoms with Gasteiger partial charge in [0.25, 0.3) is 0 Å². The monoisotopic (exact) mass is 323 g/mol. The van der Waals surface area contributed by atoms with Crippen LogP contribution in [0.15, 0.2) is 20.2 Å². The molecule has 0 saturated heterocycles. The van der Waals surface area contributed by atoms with Gasteiger partial charge in [0.1, 0.15) is 0 Å². The maximum Gasteiger partial charge on any atom is 0.173 e. The van der Waals surface area contributed by atoms with E-state index in [1.54, 1.807) is 6.07 Å². The molecule has 1 aromatic rings. The minimum Gasteiger partial charge on any atom is -0.503 e. The molecule has 0 bridgehead atoms. The highest BCUT2D eigenvalue weighted by Gasteiger charge is 2.13. The Hall–Kier alpha value is -0.750. The number of phenols is 1. The third-order valence-corrected chi connectivity index (χ3v) is 3.75. The number of aromatic hydroxyl groups is 1. The number of halogens is 2. The molecule has 1 rings (SSSR count). The van der Waals surface area contributed by atoms with Gasteiger partial charge in [-0.1, -0.05) is 5.16 Å². The maximum atomic E-state index is 9.56. The van der Waals surface area contributed by atoms with E-state index in [2.05, 4.69) is 37.0 Å². The molecule has 4 nitrogen and oxygen atoms in total. The Labute approximate surface area is 97.4 Å². The summed E-state index contributed by atoms with van der Waals surface area (Å²) in [5, 5.41) is 20.9. The van der Waals surface area contributed by atoms with Crippen molar-refractivity contribution in [3.8, 4) is 11.5 Å². The first-order valence-electron chi connectivity index (χ1n) is 3.54. The Balaban J connectivity index is 3.40. The lowest BCUT2D eigenvalue weighted by Crippen LogP contribution is -1.91. The smallest absolute Gasteiger partial charge is 0.173 e. The number of nitrogens with zero attached hydrogens (tertiary/aromatic N) is 1. The molecule has 0 aliphatic heterocycles. The van der Waals surface area contributed by atoms with Gasteiger partial charge in [0.2, 0.25) is 0 Å². The SMILES string of the molecule is COc1cc(/C=N\O)c(Br)c(Br)c1O. The highest BCUT2D eigenvalue weighted by Crippen LogP contribution is 2.41. The van der Waals surface area contributed by atoms with Crippen molar-refractivity contribution in [1.82, 2.24) is 0 Å². The summed E-state index contributed by atoms with van der Waals surface area (Å²) in [6, 6.07) is 1.55. The standard InChI is InChI=1S/C8H7Br2NO3/c1-14-5-2-4(3-11-13)6(9)7(10)8(5)12/h2-3,12-13H,1H3/b11-3-. The van der Waals surface area contributed by atoms with Gasteiger partial charge in [0, 0.05) is 10.0 Å². The molecule has 6 heteroatoms. The molecule has 0 aliphatic rings. The lowest BCUT2D eigenvalue weighted by atomic mass is 10.2. The van der Waals surface area contributed by atoms with Crippen LogP contribution < -0.4 is 4.74 Å². The van der Waals surface area contributed by atoms with Gasteiger partial charge in [-0.3, -0.25) is 0 Å². The fourth-order valence-corrected chi connectivity index (χ4v) is 1.75. The van der Waals surface area contributed by atoms with E-state index in [1.165, 1.54) is 13.3 Å². The van der Waals surface area contributed by atoms with Gasteiger partial charge >= 0.3 is 0 Å². The molecule has 76 valence electrons. The Bertz CT molecular complexity index is 379. The summed E-state index contributed by atoms with van der Waals surface area (Å²) in [7, 11) is 1.44. The van der Waals surface area contributed by atoms with Gasteiger partial charge in [-0.15, -0.1) is 0 Å². The zero-order chi connectivity index (χ0) is 10.7. The van der Waals surface area contributed by atoms with Crippen LogP contribution in [0.2, 0.25) is 0 Å². The minimum absolute atomic E-state index is 0.00513. The second-order valence-corrected chi connectivity index (χ2v) is 3.98. The summed E-state index contributed by atoms with van der Waals surface area (Å²) >= 11 is 6.40. The molecular weight excluding hydrogens is 318 g/mol. The van der Waals surface area contributed by atoms with E-state index in [9.17, 15) is 5.11 Å². The van der Waals surface area contributed by atoms with Crippen LogP contribution in [0.25, 0.3) is 0 Å². The van der Waals surface area contributed by atoms with E-state index in [0.717, 1.165) is 0 Å². The van der Waals surface area contributed by atoms with Gasteiger partial charge in [-0.05, 0) is 37.9 Å². The number of rotatable bonds is 2. The Morgan fingerprint density at radius 1 is 1.43 bits per heavy atom. The van der Waals surface area contributed by atoms with Crippen molar-refractivity contribution in [3.05, 3.63) is 20.6 Å². The molecule has 0 unspecified atom stereocenters. The molecule has 0 atom stereocenters. The summed E-state index contributed by atoms with van der Waals surface area (Å²) in [5.74, 6) is 0.296. The Kier molecular flexibility index (Phi) is 3.77. The second kappa shape index (κ2) is 4.65. The molecule has 0 aromatic heterocycles. The van der Waals surface area contributed by atoms with Crippen LogP contribution in [0.4, 0.5) is 0 Å². The van der Waals surface area contributed by atoms with E-state index in [1.807, 2.05) is 0 Å². The third kappa shape index (κ3) is 2.01. The summed E-state index contributed by atoms with van der Waals surface area (Å²) < 4.78 is 5.97. The Morgan fingerprint density at radius 2 is 2.07 bits per heavy atom. The quantitative estimate of drug-likeness (QED) is 0.499. The van der Waals surface area contributed by atoms with Crippen LogP contribution in [0.3, 0.4) is 0 Å². The van der Waals surface area contributed by atoms with Crippen molar-refractivity contribution < 1.29 is 15.1 Å². The minimum atomic E-state index is -0.00513. The van der Waals surface area contributed by atoms with Gasteiger partial charge in [-0.2, -0.15) is 0 Å². The normalized spacial score (nSPS) is 10.8. The van der Waals surface area contributed by atoms with Crippen molar-refractivity contribution in [1.29, 1.82) is 0 Å². The molecule has 0 amide bonds. The van der Waals surface area contributed by atoms with Crippen LogP contribution in [0.1, 0.15) is 5.56 Å². The van der Waals surface area contributed by atoms with Crippen LogP contribution in [-0.2, 0) is 0 Å². The third-order valence-electron chi connectivity index (χ3n) is 1.59. The van der Waals surface area contributed by atoms with Crippen LogP contribution in [0, 0.1) is 0 Å². The molecule has 0 saturated carbocycles. The van der Waals surface area contributed by atoms with Crippen LogP contribution in [-0.4, -0.2) is 23.6 Å². The summed E-state index contributed by atoms with van der Waals surface area (Å²) in [6.45, 7) is 0. The van der Waals surface area contributed by atoms with E-state index in [-0.39, 0.29) is 5.75 Å². The first kappa shape index (κ1) is 11.3. The zero-order valence-electron chi connectivity index (χ0n) is 7.16. The van der Waals surface area contributed by atoms with Gasteiger partial charge in [0.15, 0.2) is 11.5 Å². The van der Waals surface area contributed by atoms with E-state index < -0.39 is 0 Å². The average Bonchev–Trinajstić information content (AvgIpc) is 2.19. The lowest BCUT2D eigenvalue weighted by molar-refractivity contribution is 0.321. The van der Waals surface area contributed by atoms with Gasteiger partial charge in [-0.25, -0.2) is 0 Å². The molecular formula is C8H7Br2NO3. The van der Waals surface area contributed by atoms with Gasteiger partial charge in [0.05, 0.1) is 17.8 Å². The number of oxime groups is 1. The molecule has 0 fully saturated rings. The molecule has 0 radical (unpaired) electrons. The van der Waals surface area contributed by atoms with Crippen molar-refractivity contribution in [3.63, 3.8) is 0 Å². The Morgan fingerprint density at radius 3 is 2.57 bits per heavy atom. The molecule has 0 heterocycles. The summed E-state index contributed by atoms with van der Waals surface area (Å²) in [6.07, 6.45) is 1.23. The zero-order valence-corrected chi connectivity index (χ0v) is 10.3. The first-order chi connectivity index (χ1) is 6.61. The summed E-state index contributed by atoms with van der Waals surface area (Å²) in [4.78, 5) is 0. The van der Waals surface area contributed by atoms with Gasteiger partial charge < -0.3 is 15.1 Å². The topological polar surface area (TPSA) is 62.0 Å².